The molecule has 1 saturated carbocycles. The molecule has 0 spiro atoms. The largest absolute Gasteiger partial charge is 0.504 e. The molecule has 1 N–H and O–H groups in total. The van der Waals surface area contributed by atoms with E-state index in [1.165, 1.54) is 26.0 Å². The molecule has 0 aliphatic heterocycles. The van der Waals surface area contributed by atoms with Crippen LogP contribution in [0.15, 0.2) is 18.2 Å². The van der Waals surface area contributed by atoms with Crippen LogP contribution in [0.4, 0.5) is 0 Å². The smallest absolute Gasteiger partial charge is 0.254 e. The lowest BCUT2D eigenvalue weighted by Gasteiger charge is -2.30. The number of ether oxygens (including phenoxy) is 1. The van der Waals surface area contributed by atoms with Crippen molar-refractivity contribution in [1.82, 2.24) is 4.90 Å². The van der Waals surface area contributed by atoms with Crippen molar-refractivity contribution in [3.63, 3.8) is 0 Å². The summed E-state index contributed by atoms with van der Waals surface area (Å²) in [5.74, 6) is 0.844. The Morgan fingerprint density at radius 1 is 1.38 bits per heavy atom. The molecule has 2 rings (SSSR count). The predicted octanol–water partition coefficient (Wildman–Crippen LogP) is 3.44. The zero-order valence-corrected chi connectivity index (χ0v) is 13.1. The Bertz CT molecular complexity index is 493. The Kier molecular flexibility index (Phi) is 5.10. The second-order valence-electron chi connectivity index (χ2n) is 6.18. The van der Waals surface area contributed by atoms with Gasteiger partial charge in [0.2, 0.25) is 0 Å². The topological polar surface area (TPSA) is 49.8 Å². The van der Waals surface area contributed by atoms with Crippen molar-refractivity contribution in [3.05, 3.63) is 23.8 Å². The third-order valence-corrected chi connectivity index (χ3v) is 4.01. The van der Waals surface area contributed by atoms with Crippen LogP contribution in [-0.2, 0) is 0 Å². The van der Waals surface area contributed by atoms with Crippen molar-refractivity contribution in [1.29, 1.82) is 0 Å². The van der Waals surface area contributed by atoms with Gasteiger partial charge in [-0.1, -0.05) is 26.7 Å². The van der Waals surface area contributed by atoms with Crippen molar-refractivity contribution in [2.75, 3.05) is 13.7 Å². The summed E-state index contributed by atoms with van der Waals surface area (Å²) < 4.78 is 5.03. The van der Waals surface area contributed by atoms with Gasteiger partial charge in [0.25, 0.3) is 5.91 Å². The predicted molar refractivity (Wildman–Crippen MR) is 82.8 cm³/mol. The molecular weight excluding hydrogens is 266 g/mol. The summed E-state index contributed by atoms with van der Waals surface area (Å²) in [6.07, 6.45) is 4.56. The van der Waals surface area contributed by atoms with E-state index in [0.29, 0.717) is 23.3 Å². The molecular formula is C17H25NO3. The molecule has 116 valence electrons. The number of nitrogens with zero attached hydrogens (tertiary/aromatic N) is 1. The maximum absolute atomic E-state index is 12.8. The fourth-order valence-corrected chi connectivity index (χ4v) is 3.00. The second kappa shape index (κ2) is 6.83. The van der Waals surface area contributed by atoms with Crippen molar-refractivity contribution in [2.45, 2.75) is 45.6 Å². The summed E-state index contributed by atoms with van der Waals surface area (Å²) >= 11 is 0. The third-order valence-electron chi connectivity index (χ3n) is 4.01. The van der Waals surface area contributed by atoms with Crippen LogP contribution in [0.25, 0.3) is 0 Å². The SMILES string of the molecule is COc1ccc(C(=O)N(CC(C)C)C2CCCC2)cc1O. The molecule has 0 saturated heterocycles. The van der Waals surface area contributed by atoms with Gasteiger partial charge in [0.1, 0.15) is 0 Å². The zero-order chi connectivity index (χ0) is 15.4. The van der Waals surface area contributed by atoms with E-state index in [1.807, 2.05) is 4.90 Å². The normalized spacial score (nSPS) is 15.4. The molecule has 1 fully saturated rings. The quantitative estimate of drug-likeness (QED) is 0.904. The van der Waals surface area contributed by atoms with Gasteiger partial charge in [-0.2, -0.15) is 0 Å². The van der Waals surface area contributed by atoms with E-state index < -0.39 is 0 Å². The fraction of sp³-hybridized carbons (Fsp3) is 0.588. The summed E-state index contributed by atoms with van der Waals surface area (Å²) in [5.41, 5.74) is 0.529. The van der Waals surface area contributed by atoms with E-state index in [2.05, 4.69) is 13.8 Å². The summed E-state index contributed by atoms with van der Waals surface area (Å²) in [6, 6.07) is 5.21. The van der Waals surface area contributed by atoms with Gasteiger partial charge in [0, 0.05) is 18.2 Å². The molecule has 1 aliphatic carbocycles. The van der Waals surface area contributed by atoms with Crippen molar-refractivity contribution in [3.8, 4) is 11.5 Å². The number of phenols is 1. The number of amides is 1. The summed E-state index contributed by atoms with van der Waals surface area (Å²) in [6.45, 7) is 5.01. The third kappa shape index (κ3) is 3.69. The zero-order valence-electron chi connectivity index (χ0n) is 13.1. The van der Waals surface area contributed by atoms with Crippen LogP contribution in [0.3, 0.4) is 0 Å². The van der Waals surface area contributed by atoms with Gasteiger partial charge >= 0.3 is 0 Å². The van der Waals surface area contributed by atoms with E-state index in [0.717, 1.165) is 19.4 Å². The van der Waals surface area contributed by atoms with Gasteiger partial charge in [-0.05, 0) is 37.0 Å². The lowest BCUT2D eigenvalue weighted by atomic mass is 10.1. The monoisotopic (exact) mass is 291 g/mol. The molecule has 4 nitrogen and oxygen atoms in total. The maximum Gasteiger partial charge on any atom is 0.254 e. The summed E-state index contributed by atoms with van der Waals surface area (Å²) in [4.78, 5) is 14.8. The van der Waals surface area contributed by atoms with Crippen LogP contribution < -0.4 is 4.74 Å². The second-order valence-corrected chi connectivity index (χ2v) is 6.18. The first-order valence-electron chi connectivity index (χ1n) is 7.71. The Morgan fingerprint density at radius 2 is 2.05 bits per heavy atom. The highest BCUT2D eigenvalue weighted by atomic mass is 16.5. The molecule has 0 bridgehead atoms. The van der Waals surface area contributed by atoms with Gasteiger partial charge < -0.3 is 14.7 Å². The van der Waals surface area contributed by atoms with E-state index in [-0.39, 0.29) is 11.7 Å². The number of hydrogen-bond donors (Lipinski definition) is 1. The molecule has 1 aromatic rings. The highest BCUT2D eigenvalue weighted by molar-refractivity contribution is 5.95. The van der Waals surface area contributed by atoms with Gasteiger partial charge in [-0.3, -0.25) is 4.79 Å². The lowest BCUT2D eigenvalue weighted by Crippen LogP contribution is -2.41. The first-order valence-corrected chi connectivity index (χ1v) is 7.71. The van der Waals surface area contributed by atoms with Crippen LogP contribution >= 0.6 is 0 Å². The standard InChI is InChI=1S/C17H25NO3/c1-12(2)11-18(14-6-4-5-7-14)17(20)13-8-9-16(21-3)15(19)10-13/h8-10,12,14,19H,4-7,11H2,1-3H3. The molecule has 1 aromatic carbocycles. The number of rotatable bonds is 5. The molecule has 0 unspecified atom stereocenters. The first kappa shape index (κ1) is 15.7. The molecule has 1 aliphatic rings. The number of hydrogen-bond acceptors (Lipinski definition) is 3. The lowest BCUT2D eigenvalue weighted by molar-refractivity contribution is 0.0655. The van der Waals surface area contributed by atoms with E-state index in [4.69, 9.17) is 4.74 Å². The Morgan fingerprint density at radius 3 is 2.57 bits per heavy atom. The van der Waals surface area contributed by atoms with E-state index >= 15 is 0 Å². The molecule has 4 heteroatoms. The van der Waals surface area contributed by atoms with Gasteiger partial charge in [0.15, 0.2) is 11.5 Å². The number of phenolic OH excluding ortho intramolecular Hbond substituents is 1. The fourth-order valence-electron chi connectivity index (χ4n) is 3.00. The van der Waals surface area contributed by atoms with Crippen LogP contribution in [0.5, 0.6) is 11.5 Å². The molecule has 0 aromatic heterocycles. The minimum atomic E-state index is 0.00792. The van der Waals surface area contributed by atoms with Gasteiger partial charge in [-0.15, -0.1) is 0 Å². The average Bonchev–Trinajstić information content (AvgIpc) is 2.97. The number of aromatic hydroxyl groups is 1. The Balaban J connectivity index is 2.22. The van der Waals surface area contributed by atoms with Crippen molar-refractivity contribution in [2.24, 2.45) is 5.92 Å². The molecule has 0 heterocycles. The molecule has 1 amide bonds. The summed E-state index contributed by atoms with van der Waals surface area (Å²) in [7, 11) is 1.50. The number of carbonyl (C=O) groups is 1. The van der Waals surface area contributed by atoms with Crippen molar-refractivity contribution >= 4 is 5.91 Å². The molecule has 0 atom stereocenters. The van der Waals surface area contributed by atoms with Gasteiger partial charge in [-0.25, -0.2) is 0 Å². The van der Waals surface area contributed by atoms with Crippen LogP contribution in [0, 0.1) is 5.92 Å². The summed E-state index contributed by atoms with van der Waals surface area (Å²) in [5, 5.41) is 9.87. The van der Waals surface area contributed by atoms with Crippen molar-refractivity contribution < 1.29 is 14.6 Å². The Hall–Kier alpha value is -1.71. The van der Waals surface area contributed by atoms with E-state index in [1.54, 1.807) is 12.1 Å². The Labute approximate surface area is 126 Å². The highest BCUT2D eigenvalue weighted by Gasteiger charge is 2.28. The van der Waals surface area contributed by atoms with Crippen LogP contribution in [0.2, 0.25) is 0 Å². The number of methoxy groups -OCH3 is 1. The number of benzene rings is 1. The first-order chi connectivity index (χ1) is 10.0. The average molecular weight is 291 g/mol. The highest BCUT2D eigenvalue weighted by Crippen LogP contribution is 2.29. The minimum absolute atomic E-state index is 0.00792. The number of carbonyl (C=O) groups excluding carboxylic acids is 1. The molecule has 0 radical (unpaired) electrons. The van der Waals surface area contributed by atoms with Crippen LogP contribution in [0.1, 0.15) is 49.9 Å². The molecule has 21 heavy (non-hydrogen) atoms. The van der Waals surface area contributed by atoms with Gasteiger partial charge in [0.05, 0.1) is 7.11 Å². The minimum Gasteiger partial charge on any atom is -0.504 e. The van der Waals surface area contributed by atoms with E-state index in [9.17, 15) is 9.90 Å². The maximum atomic E-state index is 12.8. The van der Waals surface area contributed by atoms with Crippen LogP contribution in [-0.4, -0.2) is 35.6 Å².